The van der Waals surface area contributed by atoms with Crippen LogP contribution in [0.2, 0.25) is 0 Å². The smallest absolute Gasteiger partial charge is 0.00388 e. The molecule has 12 heavy (non-hydrogen) atoms. The summed E-state index contributed by atoms with van der Waals surface area (Å²) in [6, 6.07) is 0.724. The summed E-state index contributed by atoms with van der Waals surface area (Å²) in [5.41, 5.74) is 0.542. The Kier molecular flexibility index (Phi) is 3.16. The van der Waals surface area contributed by atoms with Gasteiger partial charge in [-0.1, -0.05) is 20.3 Å². The Balaban J connectivity index is 2.54. The van der Waals surface area contributed by atoms with Crippen molar-refractivity contribution >= 4 is 0 Å². The van der Waals surface area contributed by atoms with E-state index in [1.54, 1.807) is 0 Å². The zero-order valence-electron chi connectivity index (χ0n) is 9.06. The van der Waals surface area contributed by atoms with Crippen LogP contribution in [0.3, 0.4) is 0 Å². The van der Waals surface area contributed by atoms with Crippen LogP contribution in [0, 0.1) is 5.41 Å². The molecule has 0 atom stereocenters. The summed E-state index contributed by atoms with van der Waals surface area (Å²) in [4.78, 5) is 2.62. The molecule has 1 saturated heterocycles. The molecule has 1 rings (SSSR count). The van der Waals surface area contributed by atoms with E-state index in [2.05, 4.69) is 32.6 Å². The maximum absolute atomic E-state index is 2.62. The summed E-state index contributed by atoms with van der Waals surface area (Å²) >= 11 is 0. The first-order chi connectivity index (χ1) is 5.51. The first-order valence-electron chi connectivity index (χ1n) is 5.25. The molecule has 1 aliphatic rings. The van der Waals surface area contributed by atoms with Gasteiger partial charge in [0.15, 0.2) is 0 Å². The third-order valence-electron chi connectivity index (χ3n) is 2.91. The molecule has 1 heterocycles. The number of hydrogen-bond donors (Lipinski definition) is 0. The Hall–Kier alpha value is -0.0400. The van der Waals surface area contributed by atoms with Gasteiger partial charge in [-0.05, 0) is 38.6 Å². The summed E-state index contributed by atoms with van der Waals surface area (Å²) in [6.45, 7) is 12.0. The van der Waals surface area contributed by atoms with E-state index >= 15 is 0 Å². The van der Waals surface area contributed by atoms with Gasteiger partial charge in [0.05, 0.1) is 0 Å². The minimum Gasteiger partial charge on any atom is -0.300 e. The summed E-state index contributed by atoms with van der Waals surface area (Å²) in [7, 11) is 0. The molecule has 0 bridgehead atoms. The predicted molar refractivity (Wildman–Crippen MR) is 54.3 cm³/mol. The van der Waals surface area contributed by atoms with E-state index < -0.39 is 0 Å². The van der Waals surface area contributed by atoms with Crippen LogP contribution in [0.5, 0.6) is 0 Å². The van der Waals surface area contributed by atoms with Crippen molar-refractivity contribution in [2.75, 3.05) is 13.1 Å². The van der Waals surface area contributed by atoms with Crippen LogP contribution in [0.15, 0.2) is 0 Å². The van der Waals surface area contributed by atoms with Gasteiger partial charge >= 0.3 is 0 Å². The number of hydrogen-bond acceptors (Lipinski definition) is 1. The second kappa shape index (κ2) is 3.78. The van der Waals surface area contributed by atoms with Crippen LogP contribution in [0.25, 0.3) is 0 Å². The third kappa shape index (κ3) is 2.78. The lowest BCUT2D eigenvalue weighted by Crippen LogP contribution is -2.37. The Morgan fingerprint density at radius 1 is 1.17 bits per heavy atom. The Morgan fingerprint density at radius 3 is 2.42 bits per heavy atom. The van der Waals surface area contributed by atoms with Crippen molar-refractivity contribution in [3.05, 3.63) is 0 Å². The Morgan fingerprint density at radius 2 is 1.83 bits per heavy atom. The summed E-state index contributed by atoms with van der Waals surface area (Å²) in [6.07, 6.45) is 4.20. The van der Waals surface area contributed by atoms with Crippen molar-refractivity contribution in [3.8, 4) is 0 Å². The van der Waals surface area contributed by atoms with Crippen molar-refractivity contribution in [2.24, 2.45) is 5.41 Å². The van der Waals surface area contributed by atoms with Gasteiger partial charge in [0.25, 0.3) is 0 Å². The first-order valence-corrected chi connectivity index (χ1v) is 5.25. The molecule has 0 aromatic rings. The molecule has 1 aliphatic heterocycles. The normalized spacial score (nSPS) is 25.8. The van der Waals surface area contributed by atoms with Gasteiger partial charge in [-0.3, -0.25) is 0 Å². The topological polar surface area (TPSA) is 3.24 Å². The van der Waals surface area contributed by atoms with Gasteiger partial charge in [-0.15, -0.1) is 0 Å². The lowest BCUT2D eigenvalue weighted by Gasteiger charge is -2.32. The highest BCUT2D eigenvalue weighted by atomic mass is 15.2. The molecule has 0 radical (unpaired) electrons. The minimum absolute atomic E-state index is 0.542. The largest absolute Gasteiger partial charge is 0.300 e. The molecule has 0 unspecified atom stereocenters. The van der Waals surface area contributed by atoms with Gasteiger partial charge in [0.1, 0.15) is 0 Å². The fourth-order valence-electron chi connectivity index (χ4n) is 2.07. The maximum atomic E-state index is 2.62. The quantitative estimate of drug-likeness (QED) is 0.583. The van der Waals surface area contributed by atoms with Crippen LogP contribution < -0.4 is 0 Å². The minimum atomic E-state index is 0.542. The number of rotatable bonds is 1. The average Bonchev–Trinajstić information content (AvgIpc) is 2.10. The van der Waals surface area contributed by atoms with E-state index in [1.165, 1.54) is 32.4 Å². The monoisotopic (exact) mass is 169 g/mol. The van der Waals surface area contributed by atoms with Crippen LogP contribution in [0.1, 0.15) is 47.0 Å². The molecule has 0 aromatic heterocycles. The Bertz CT molecular complexity index is 138. The Labute approximate surface area is 77.1 Å². The fraction of sp³-hybridized carbons (Fsp3) is 1.00. The molecule has 0 aromatic carbocycles. The zero-order chi connectivity index (χ0) is 9.19. The highest BCUT2D eigenvalue weighted by Crippen LogP contribution is 2.28. The van der Waals surface area contributed by atoms with E-state index in [4.69, 9.17) is 0 Å². The van der Waals surface area contributed by atoms with Crippen molar-refractivity contribution in [3.63, 3.8) is 0 Å². The van der Waals surface area contributed by atoms with Crippen LogP contribution in [0.4, 0.5) is 0 Å². The first kappa shape index (κ1) is 10.0. The summed E-state index contributed by atoms with van der Waals surface area (Å²) < 4.78 is 0. The second-order valence-electron chi connectivity index (χ2n) is 5.19. The number of nitrogens with zero attached hydrogens (tertiary/aromatic N) is 1. The van der Waals surface area contributed by atoms with Gasteiger partial charge < -0.3 is 4.90 Å². The highest BCUT2D eigenvalue weighted by Gasteiger charge is 2.25. The fourth-order valence-corrected chi connectivity index (χ4v) is 2.07. The van der Waals surface area contributed by atoms with Gasteiger partial charge in [0.2, 0.25) is 0 Å². The number of likely N-dealkylation sites (tertiary alicyclic amines) is 1. The molecule has 72 valence electrons. The molecule has 1 fully saturated rings. The third-order valence-corrected chi connectivity index (χ3v) is 2.91. The van der Waals surface area contributed by atoms with Gasteiger partial charge in [-0.2, -0.15) is 0 Å². The maximum Gasteiger partial charge on any atom is 0.00388 e. The molecule has 0 spiro atoms. The standard InChI is InChI=1S/C11H23N/c1-10(2)12-8-6-5-7-11(3,4)9-12/h10H,5-9H2,1-4H3. The highest BCUT2D eigenvalue weighted by molar-refractivity contribution is 4.79. The summed E-state index contributed by atoms with van der Waals surface area (Å²) in [5, 5.41) is 0. The van der Waals surface area contributed by atoms with Crippen LogP contribution in [-0.4, -0.2) is 24.0 Å². The van der Waals surface area contributed by atoms with E-state index in [0.29, 0.717) is 5.41 Å². The van der Waals surface area contributed by atoms with Crippen molar-refractivity contribution < 1.29 is 0 Å². The summed E-state index contributed by atoms with van der Waals surface area (Å²) in [5.74, 6) is 0. The van der Waals surface area contributed by atoms with Crippen LogP contribution in [-0.2, 0) is 0 Å². The molecule has 0 N–H and O–H groups in total. The van der Waals surface area contributed by atoms with E-state index in [1.807, 2.05) is 0 Å². The SMILES string of the molecule is CC(C)N1CCCCC(C)(C)C1. The van der Waals surface area contributed by atoms with E-state index in [0.717, 1.165) is 6.04 Å². The van der Waals surface area contributed by atoms with Gasteiger partial charge in [-0.25, -0.2) is 0 Å². The predicted octanol–water partition coefficient (Wildman–Crippen LogP) is 2.91. The average molecular weight is 169 g/mol. The molecule has 1 heteroatoms. The van der Waals surface area contributed by atoms with Crippen LogP contribution >= 0.6 is 0 Å². The molecular formula is C11H23N. The zero-order valence-corrected chi connectivity index (χ0v) is 9.06. The van der Waals surface area contributed by atoms with Crippen molar-refractivity contribution in [1.29, 1.82) is 0 Å². The molecular weight excluding hydrogens is 146 g/mol. The molecule has 0 aliphatic carbocycles. The van der Waals surface area contributed by atoms with E-state index in [9.17, 15) is 0 Å². The lowest BCUT2D eigenvalue weighted by atomic mass is 9.88. The van der Waals surface area contributed by atoms with Gasteiger partial charge in [0, 0.05) is 12.6 Å². The van der Waals surface area contributed by atoms with Crippen molar-refractivity contribution in [1.82, 2.24) is 4.90 Å². The molecule has 1 nitrogen and oxygen atoms in total. The lowest BCUT2D eigenvalue weighted by molar-refractivity contribution is 0.161. The second-order valence-corrected chi connectivity index (χ2v) is 5.19. The van der Waals surface area contributed by atoms with E-state index in [-0.39, 0.29) is 0 Å². The van der Waals surface area contributed by atoms with Crippen molar-refractivity contribution in [2.45, 2.75) is 53.0 Å². The molecule has 0 saturated carbocycles. The molecule has 0 amide bonds.